The summed E-state index contributed by atoms with van der Waals surface area (Å²) in [5, 5.41) is 2.94. The minimum atomic E-state index is 0.0548. The van der Waals surface area contributed by atoms with Crippen molar-refractivity contribution in [2.24, 2.45) is 5.92 Å². The molecule has 1 aliphatic carbocycles. The van der Waals surface area contributed by atoms with Crippen molar-refractivity contribution in [3.05, 3.63) is 23.8 Å². The number of hydrogen-bond acceptors (Lipinski definition) is 3. The smallest absolute Gasteiger partial charge is 0.225 e. The van der Waals surface area contributed by atoms with Gasteiger partial charge in [-0.15, -0.1) is 0 Å². The van der Waals surface area contributed by atoms with Crippen LogP contribution in [0.25, 0.3) is 0 Å². The van der Waals surface area contributed by atoms with E-state index in [1.165, 1.54) is 19.3 Å². The molecule has 1 saturated carbocycles. The summed E-state index contributed by atoms with van der Waals surface area (Å²) in [6.07, 6.45) is 4.59. The van der Waals surface area contributed by atoms with E-state index in [0.717, 1.165) is 30.3 Å². The fourth-order valence-corrected chi connectivity index (χ4v) is 2.49. The molecule has 1 aromatic rings. The largest absolute Gasteiger partial charge is 0.399 e. The number of hydrogen-bond donors (Lipinski definition) is 2. The molecule has 0 heterocycles. The summed E-state index contributed by atoms with van der Waals surface area (Å²) in [5.74, 6) is 0.901. The Morgan fingerprint density at radius 1 is 1.45 bits per heavy atom. The van der Waals surface area contributed by atoms with Crippen molar-refractivity contribution in [2.75, 3.05) is 31.2 Å². The Morgan fingerprint density at radius 3 is 2.85 bits per heavy atom. The molecule has 1 fully saturated rings. The van der Waals surface area contributed by atoms with Crippen molar-refractivity contribution in [2.45, 2.75) is 32.6 Å². The molecule has 0 spiro atoms. The summed E-state index contributed by atoms with van der Waals surface area (Å²) in [6, 6.07) is 5.58. The molecule has 0 radical (unpaired) electrons. The van der Waals surface area contributed by atoms with Crippen LogP contribution in [0.5, 0.6) is 0 Å². The van der Waals surface area contributed by atoms with Crippen molar-refractivity contribution in [3.63, 3.8) is 0 Å². The maximum atomic E-state index is 12.0. The van der Waals surface area contributed by atoms with Crippen LogP contribution in [0.2, 0.25) is 0 Å². The van der Waals surface area contributed by atoms with E-state index in [-0.39, 0.29) is 5.91 Å². The van der Waals surface area contributed by atoms with Crippen LogP contribution in [0.15, 0.2) is 18.2 Å². The molecule has 0 aliphatic heterocycles. The molecule has 1 aliphatic rings. The second-order valence-corrected chi connectivity index (χ2v) is 5.93. The quantitative estimate of drug-likeness (QED) is 0.785. The molecule has 1 amide bonds. The van der Waals surface area contributed by atoms with Crippen LogP contribution in [0, 0.1) is 12.8 Å². The summed E-state index contributed by atoms with van der Waals surface area (Å²) in [4.78, 5) is 14.2. The van der Waals surface area contributed by atoms with E-state index < -0.39 is 0 Å². The van der Waals surface area contributed by atoms with Gasteiger partial charge in [-0.25, -0.2) is 0 Å². The molecule has 4 nitrogen and oxygen atoms in total. The van der Waals surface area contributed by atoms with E-state index in [9.17, 15) is 4.79 Å². The first kappa shape index (κ1) is 14.9. The lowest BCUT2D eigenvalue weighted by Gasteiger charge is -2.30. The first-order valence-electron chi connectivity index (χ1n) is 7.39. The van der Waals surface area contributed by atoms with Gasteiger partial charge in [-0.1, -0.05) is 12.5 Å². The zero-order chi connectivity index (χ0) is 14.5. The maximum absolute atomic E-state index is 12.0. The molecule has 4 heteroatoms. The average Bonchev–Trinajstić information content (AvgIpc) is 2.36. The number of nitrogens with zero attached hydrogens (tertiary/aromatic N) is 1. The van der Waals surface area contributed by atoms with Gasteiger partial charge in [0.2, 0.25) is 5.91 Å². The SMILES string of the molecule is Cc1ccc(N)cc1NC(=O)CCN(C)CC1CCC1. The van der Waals surface area contributed by atoms with E-state index in [0.29, 0.717) is 12.1 Å². The molecule has 3 N–H and O–H groups in total. The summed E-state index contributed by atoms with van der Waals surface area (Å²) >= 11 is 0. The molecule has 0 atom stereocenters. The topological polar surface area (TPSA) is 58.4 Å². The number of anilines is 2. The molecule has 2 rings (SSSR count). The van der Waals surface area contributed by atoms with Crippen LogP contribution < -0.4 is 11.1 Å². The first-order chi connectivity index (χ1) is 9.54. The van der Waals surface area contributed by atoms with Gasteiger partial charge in [0.25, 0.3) is 0 Å². The van der Waals surface area contributed by atoms with Crippen LogP contribution in [0.3, 0.4) is 0 Å². The molecule has 20 heavy (non-hydrogen) atoms. The van der Waals surface area contributed by atoms with Gasteiger partial charge < -0.3 is 16.0 Å². The molecule has 0 aromatic heterocycles. The Labute approximate surface area is 121 Å². The van der Waals surface area contributed by atoms with Crippen LogP contribution in [0.1, 0.15) is 31.2 Å². The van der Waals surface area contributed by atoms with Crippen molar-refractivity contribution < 1.29 is 4.79 Å². The summed E-state index contributed by atoms with van der Waals surface area (Å²) in [5.41, 5.74) is 8.27. The monoisotopic (exact) mass is 275 g/mol. The van der Waals surface area contributed by atoms with Gasteiger partial charge in [-0.3, -0.25) is 4.79 Å². The number of benzene rings is 1. The molecule has 0 unspecified atom stereocenters. The molecule has 0 saturated heterocycles. The van der Waals surface area contributed by atoms with Crippen LogP contribution in [0.4, 0.5) is 11.4 Å². The molecule has 110 valence electrons. The van der Waals surface area contributed by atoms with Crippen molar-refractivity contribution >= 4 is 17.3 Å². The second-order valence-electron chi connectivity index (χ2n) is 5.93. The van der Waals surface area contributed by atoms with Gasteiger partial charge in [0.05, 0.1) is 0 Å². The average molecular weight is 275 g/mol. The number of rotatable bonds is 6. The Morgan fingerprint density at radius 2 is 2.20 bits per heavy atom. The zero-order valence-electron chi connectivity index (χ0n) is 12.5. The standard InChI is InChI=1S/C16H25N3O/c1-12-6-7-14(17)10-15(12)18-16(20)8-9-19(2)11-13-4-3-5-13/h6-7,10,13H,3-5,8-9,11,17H2,1-2H3,(H,18,20). The van der Waals surface area contributed by atoms with Gasteiger partial charge in [0, 0.05) is 30.9 Å². The normalized spacial score (nSPS) is 15.2. The first-order valence-corrected chi connectivity index (χ1v) is 7.39. The molecule has 0 bridgehead atoms. The van der Waals surface area contributed by atoms with Crippen LogP contribution in [-0.2, 0) is 4.79 Å². The third kappa shape index (κ3) is 4.23. The number of amides is 1. The van der Waals surface area contributed by atoms with Crippen molar-refractivity contribution in [1.82, 2.24) is 4.90 Å². The van der Waals surface area contributed by atoms with Crippen molar-refractivity contribution in [3.8, 4) is 0 Å². The highest BCUT2D eigenvalue weighted by molar-refractivity contribution is 5.92. The van der Waals surface area contributed by atoms with Crippen LogP contribution in [-0.4, -0.2) is 30.9 Å². The van der Waals surface area contributed by atoms with E-state index in [1.807, 2.05) is 25.1 Å². The number of aryl methyl sites for hydroxylation is 1. The number of nitrogen functional groups attached to an aromatic ring is 1. The summed E-state index contributed by atoms with van der Waals surface area (Å²) < 4.78 is 0. The van der Waals surface area contributed by atoms with Gasteiger partial charge >= 0.3 is 0 Å². The minimum Gasteiger partial charge on any atom is -0.399 e. The number of nitrogens with one attached hydrogen (secondary N) is 1. The number of nitrogens with two attached hydrogens (primary N) is 1. The second kappa shape index (κ2) is 6.75. The Kier molecular flexibility index (Phi) is 5.01. The van der Waals surface area contributed by atoms with Gasteiger partial charge in [0.15, 0.2) is 0 Å². The summed E-state index contributed by atoms with van der Waals surface area (Å²) in [7, 11) is 2.09. The Hall–Kier alpha value is -1.55. The highest BCUT2D eigenvalue weighted by Crippen LogP contribution is 2.26. The number of carbonyl (C=O) groups is 1. The highest BCUT2D eigenvalue weighted by atomic mass is 16.1. The van der Waals surface area contributed by atoms with Crippen LogP contribution >= 0.6 is 0 Å². The van der Waals surface area contributed by atoms with Gasteiger partial charge in [-0.05, 0) is 50.4 Å². The van der Waals surface area contributed by atoms with E-state index in [2.05, 4.69) is 17.3 Å². The Bertz CT molecular complexity index is 469. The van der Waals surface area contributed by atoms with Crippen molar-refractivity contribution in [1.29, 1.82) is 0 Å². The minimum absolute atomic E-state index is 0.0548. The van der Waals surface area contributed by atoms with E-state index >= 15 is 0 Å². The van der Waals surface area contributed by atoms with Gasteiger partial charge in [-0.2, -0.15) is 0 Å². The lowest BCUT2D eigenvalue weighted by molar-refractivity contribution is -0.116. The zero-order valence-corrected chi connectivity index (χ0v) is 12.5. The Balaban J connectivity index is 1.75. The fraction of sp³-hybridized carbons (Fsp3) is 0.562. The summed E-state index contributed by atoms with van der Waals surface area (Å²) in [6.45, 7) is 3.89. The number of carbonyl (C=O) groups excluding carboxylic acids is 1. The predicted molar refractivity (Wildman–Crippen MR) is 83.7 cm³/mol. The molecule has 1 aromatic carbocycles. The van der Waals surface area contributed by atoms with E-state index in [1.54, 1.807) is 0 Å². The molecular formula is C16H25N3O. The molecular weight excluding hydrogens is 250 g/mol. The lowest BCUT2D eigenvalue weighted by Crippen LogP contribution is -2.31. The third-order valence-electron chi connectivity index (χ3n) is 4.05. The predicted octanol–water partition coefficient (Wildman–Crippen LogP) is 2.64. The maximum Gasteiger partial charge on any atom is 0.225 e. The van der Waals surface area contributed by atoms with Gasteiger partial charge in [0.1, 0.15) is 0 Å². The van der Waals surface area contributed by atoms with E-state index in [4.69, 9.17) is 5.73 Å². The lowest BCUT2D eigenvalue weighted by atomic mass is 9.85. The fourth-order valence-electron chi connectivity index (χ4n) is 2.49. The highest BCUT2D eigenvalue weighted by Gasteiger charge is 2.19. The third-order valence-corrected chi connectivity index (χ3v) is 4.05.